The Hall–Kier alpha value is -4.76. The van der Waals surface area contributed by atoms with E-state index in [0.29, 0.717) is 24.2 Å². The van der Waals surface area contributed by atoms with Crippen LogP contribution in [0.25, 0.3) is 0 Å². The number of halogens is 1. The number of carbonyl (C=O) groups excluding carboxylic acids is 1. The molecule has 2 N–H and O–H groups in total. The Labute approximate surface area is 227 Å². The first-order valence-electron chi connectivity index (χ1n) is 13.0. The van der Waals surface area contributed by atoms with Crippen LogP contribution in [0.4, 0.5) is 15.8 Å². The van der Waals surface area contributed by atoms with Crippen LogP contribution in [0.15, 0.2) is 91.0 Å². The number of nitrogens with zero attached hydrogens (tertiary/aromatic N) is 2. The summed E-state index contributed by atoms with van der Waals surface area (Å²) in [7, 11) is 0. The van der Waals surface area contributed by atoms with Crippen molar-refractivity contribution in [2.75, 3.05) is 18.4 Å². The average Bonchev–Trinajstić information content (AvgIpc) is 3.42. The predicted molar refractivity (Wildman–Crippen MR) is 150 cm³/mol. The highest BCUT2D eigenvalue weighted by Crippen LogP contribution is 2.70. The van der Waals surface area contributed by atoms with E-state index in [-0.39, 0.29) is 29.0 Å². The van der Waals surface area contributed by atoms with Crippen LogP contribution in [0.1, 0.15) is 44.1 Å². The van der Waals surface area contributed by atoms with Crippen LogP contribution in [0.5, 0.6) is 0 Å². The molecular formula is C33H27FN4O. The molecule has 0 spiro atoms. The summed E-state index contributed by atoms with van der Waals surface area (Å²) in [6, 6.07) is 29.7. The summed E-state index contributed by atoms with van der Waals surface area (Å²) < 4.78 is 13.4. The van der Waals surface area contributed by atoms with E-state index < -0.39 is 0 Å². The minimum absolute atomic E-state index is 0.0648. The zero-order chi connectivity index (χ0) is 27.1. The standard InChI is InChI=1S/C33H27FN4O/c1-21-14-30(37-27-12-10-26(34)11-13-27)25(18-36)16-28(21)33-20-38(32(39)24-9-5-6-22(15-24)17-35)19-29(33)31(33)23-7-3-2-4-8-23/h2-16,18,29,31,36-37H,19-20H2,1H3. The van der Waals surface area contributed by atoms with E-state index in [1.807, 2.05) is 17.0 Å². The fourth-order valence-corrected chi connectivity index (χ4v) is 6.46. The molecule has 192 valence electrons. The van der Waals surface area contributed by atoms with Crippen molar-refractivity contribution in [3.8, 4) is 6.07 Å². The molecule has 6 rings (SSSR count). The predicted octanol–water partition coefficient (Wildman–Crippen LogP) is 6.55. The summed E-state index contributed by atoms with van der Waals surface area (Å²) in [5, 5.41) is 20.8. The number of carbonyl (C=O) groups is 1. The number of fused-ring (bicyclic) bond motifs is 1. The molecular weight excluding hydrogens is 487 g/mol. The summed E-state index contributed by atoms with van der Waals surface area (Å²) in [6.45, 7) is 3.27. The molecule has 1 heterocycles. The Morgan fingerprint density at radius 2 is 1.85 bits per heavy atom. The van der Waals surface area contributed by atoms with E-state index in [1.54, 1.807) is 36.4 Å². The zero-order valence-electron chi connectivity index (χ0n) is 21.5. The molecule has 3 unspecified atom stereocenters. The third-order valence-corrected chi connectivity index (χ3v) is 8.24. The average molecular weight is 515 g/mol. The highest BCUT2D eigenvalue weighted by molar-refractivity contribution is 5.95. The molecule has 39 heavy (non-hydrogen) atoms. The molecule has 1 amide bonds. The number of rotatable bonds is 6. The molecule has 5 nitrogen and oxygen atoms in total. The normalized spacial score (nSPS) is 21.1. The van der Waals surface area contributed by atoms with Gasteiger partial charge in [-0.05, 0) is 84.1 Å². The van der Waals surface area contributed by atoms with Crippen molar-refractivity contribution in [1.29, 1.82) is 10.7 Å². The topological polar surface area (TPSA) is 80.0 Å². The van der Waals surface area contributed by atoms with Gasteiger partial charge >= 0.3 is 0 Å². The van der Waals surface area contributed by atoms with Gasteiger partial charge in [0.1, 0.15) is 5.82 Å². The number of nitriles is 1. The number of hydrogen-bond donors (Lipinski definition) is 2. The molecule has 2 fully saturated rings. The van der Waals surface area contributed by atoms with Crippen LogP contribution in [-0.4, -0.2) is 30.1 Å². The van der Waals surface area contributed by atoms with Crippen molar-refractivity contribution >= 4 is 23.5 Å². The Balaban J connectivity index is 1.38. The first-order chi connectivity index (χ1) is 18.9. The van der Waals surface area contributed by atoms with Crippen molar-refractivity contribution in [3.05, 3.63) is 130 Å². The highest BCUT2D eigenvalue weighted by Gasteiger charge is 2.70. The molecule has 1 saturated carbocycles. The van der Waals surface area contributed by atoms with Gasteiger partial charge in [-0.2, -0.15) is 5.26 Å². The Morgan fingerprint density at radius 3 is 2.56 bits per heavy atom. The number of aryl methyl sites for hydroxylation is 1. The van der Waals surface area contributed by atoms with Crippen LogP contribution in [0, 0.1) is 35.4 Å². The van der Waals surface area contributed by atoms with Crippen LogP contribution in [-0.2, 0) is 5.41 Å². The highest BCUT2D eigenvalue weighted by atomic mass is 19.1. The monoisotopic (exact) mass is 514 g/mol. The van der Waals surface area contributed by atoms with E-state index >= 15 is 0 Å². The van der Waals surface area contributed by atoms with Gasteiger partial charge in [-0.3, -0.25) is 4.79 Å². The SMILES string of the molecule is Cc1cc(Nc2ccc(F)cc2)c(C=N)cc1C12CN(C(=O)c3cccc(C#N)c3)CC1C2c1ccccc1. The van der Waals surface area contributed by atoms with Crippen molar-refractivity contribution in [3.63, 3.8) is 0 Å². The Kier molecular flexibility index (Phi) is 6.00. The number of amides is 1. The van der Waals surface area contributed by atoms with E-state index in [0.717, 1.165) is 28.1 Å². The molecule has 1 saturated heterocycles. The van der Waals surface area contributed by atoms with Gasteiger partial charge in [-0.1, -0.05) is 36.4 Å². The Bertz CT molecular complexity index is 1630. The van der Waals surface area contributed by atoms with E-state index in [4.69, 9.17) is 5.41 Å². The number of likely N-dealkylation sites (tertiary alicyclic amines) is 1. The second kappa shape index (κ2) is 9.52. The number of hydrogen-bond acceptors (Lipinski definition) is 4. The van der Waals surface area contributed by atoms with Gasteiger partial charge in [0.05, 0.1) is 11.6 Å². The molecule has 1 aliphatic heterocycles. The lowest BCUT2D eigenvalue weighted by Gasteiger charge is -2.26. The molecule has 0 radical (unpaired) electrons. The number of piperidine rings is 1. The van der Waals surface area contributed by atoms with E-state index in [9.17, 15) is 14.4 Å². The minimum atomic E-state index is -0.301. The van der Waals surface area contributed by atoms with Gasteiger partial charge in [0.15, 0.2) is 0 Å². The fourth-order valence-electron chi connectivity index (χ4n) is 6.46. The molecule has 3 atom stereocenters. The number of benzene rings is 4. The maximum absolute atomic E-state index is 13.5. The summed E-state index contributed by atoms with van der Waals surface area (Å²) in [4.78, 5) is 15.4. The second-order valence-corrected chi connectivity index (χ2v) is 10.4. The van der Waals surface area contributed by atoms with Crippen LogP contribution in [0.2, 0.25) is 0 Å². The number of nitrogens with one attached hydrogen (secondary N) is 2. The third kappa shape index (κ3) is 4.17. The first kappa shape index (κ1) is 24.6. The minimum Gasteiger partial charge on any atom is -0.355 e. The lowest BCUT2D eigenvalue weighted by molar-refractivity contribution is 0.0769. The molecule has 4 aromatic rings. The summed E-state index contributed by atoms with van der Waals surface area (Å²) in [6.07, 6.45) is 1.34. The third-order valence-electron chi connectivity index (χ3n) is 8.24. The van der Waals surface area contributed by atoms with Gasteiger partial charge in [0, 0.05) is 53.1 Å². The lowest BCUT2D eigenvalue weighted by Crippen LogP contribution is -2.34. The quantitative estimate of drug-likeness (QED) is 0.286. The van der Waals surface area contributed by atoms with Crippen molar-refractivity contribution in [2.24, 2.45) is 5.92 Å². The lowest BCUT2D eigenvalue weighted by atomic mass is 9.85. The maximum atomic E-state index is 13.5. The van der Waals surface area contributed by atoms with Crippen LogP contribution >= 0.6 is 0 Å². The summed E-state index contributed by atoms with van der Waals surface area (Å²) in [5.74, 6) is 0.146. The van der Waals surface area contributed by atoms with Crippen molar-refractivity contribution in [2.45, 2.75) is 18.3 Å². The molecule has 0 aromatic heterocycles. The van der Waals surface area contributed by atoms with E-state index in [2.05, 4.69) is 48.6 Å². The smallest absolute Gasteiger partial charge is 0.253 e. The Morgan fingerprint density at radius 1 is 1.08 bits per heavy atom. The van der Waals surface area contributed by atoms with Crippen LogP contribution in [0.3, 0.4) is 0 Å². The van der Waals surface area contributed by atoms with Gasteiger partial charge in [0.2, 0.25) is 0 Å². The molecule has 4 aromatic carbocycles. The van der Waals surface area contributed by atoms with Gasteiger partial charge in [-0.25, -0.2) is 4.39 Å². The molecule has 2 aliphatic rings. The van der Waals surface area contributed by atoms with Crippen molar-refractivity contribution in [1.82, 2.24) is 4.90 Å². The van der Waals surface area contributed by atoms with Crippen molar-refractivity contribution < 1.29 is 9.18 Å². The summed E-state index contributed by atoms with van der Waals surface area (Å²) in [5.41, 5.74) is 6.47. The van der Waals surface area contributed by atoms with Gasteiger partial charge in [-0.15, -0.1) is 0 Å². The fraction of sp³-hybridized carbons (Fsp3) is 0.182. The first-order valence-corrected chi connectivity index (χ1v) is 13.0. The maximum Gasteiger partial charge on any atom is 0.253 e. The molecule has 1 aliphatic carbocycles. The molecule has 6 heteroatoms. The largest absolute Gasteiger partial charge is 0.355 e. The van der Waals surface area contributed by atoms with Gasteiger partial charge in [0.25, 0.3) is 5.91 Å². The zero-order valence-corrected chi connectivity index (χ0v) is 21.5. The molecule has 0 bridgehead atoms. The van der Waals surface area contributed by atoms with Gasteiger partial charge < -0.3 is 15.6 Å². The number of anilines is 2. The summed E-state index contributed by atoms with van der Waals surface area (Å²) >= 11 is 0. The van der Waals surface area contributed by atoms with Crippen LogP contribution < -0.4 is 5.32 Å². The second-order valence-electron chi connectivity index (χ2n) is 10.4. The van der Waals surface area contributed by atoms with E-state index in [1.165, 1.54) is 23.9 Å².